The van der Waals surface area contributed by atoms with Gasteiger partial charge in [-0.25, -0.2) is 4.39 Å². The van der Waals surface area contributed by atoms with Crippen LogP contribution >= 0.6 is 0 Å². The van der Waals surface area contributed by atoms with Gasteiger partial charge in [-0.15, -0.1) is 0 Å². The first-order valence-electron chi connectivity index (χ1n) is 14.2. The van der Waals surface area contributed by atoms with Crippen molar-refractivity contribution in [2.45, 2.75) is 38.1 Å². The van der Waals surface area contributed by atoms with Crippen LogP contribution in [-0.4, -0.2) is 90.3 Å². The molecule has 3 aliphatic heterocycles. The van der Waals surface area contributed by atoms with Gasteiger partial charge in [-0.3, -0.25) is 19.5 Å². The van der Waals surface area contributed by atoms with Crippen molar-refractivity contribution in [3.63, 3.8) is 0 Å². The highest BCUT2D eigenvalue weighted by Crippen LogP contribution is 2.29. The number of ether oxygens (including phenoxy) is 3. The first-order chi connectivity index (χ1) is 20.8. The number of piperidine rings is 1. The van der Waals surface area contributed by atoms with Crippen LogP contribution in [0.3, 0.4) is 0 Å². The number of amides is 3. The number of hydrogen-bond acceptors (Lipinski definition) is 8. The number of aromatic nitrogens is 2. The molecule has 0 unspecified atom stereocenters. The topological polar surface area (TPSA) is 138 Å². The minimum Gasteiger partial charge on any atom is -0.493 e. The molecule has 1 fully saturated rings. The lowest BCUT2D eigenvalue weighted by atomic mass is 9.99. The van der Waals surface area contributed by atoms with Crippen molar-refractivity contribution < 1.29 is 33.0 Å². The second-order valence-corrected chi connectivity index (χ2v) is 11.0. The smallest absolute Gasteiger partial charge is 0.274 e. The fourth-order valence-electron chi connectivity index (χ4n) is 5.69. The predicted molar refractivity (Wildman–Crippen MR) is 152 cm³/mol. The number of aromatic amines is 1. The summed E-state index contributed by atoms with van der Waals surface area (Å²) >= 11 is 0. The standard InChI is InChI=1S/C30H33FN6O6/c1-36-7-5-22-21(14-36)28(35-34-22)30(40)37-8-6-24-23(15-37)33-29(39)18-3-4-25(41-2)26(11-18)42-16-27(38)32-13-17-9-19(31)12-20(10-17)43-24/h3-4,9-12,23-24H,5-8,13-16H2,1-2H3,(H,32,38)(H,33,39)(H,34,35)/t23-,24+/m0/s1. The third-order valence-corrected chi connectivity index (χ3v) is 7.97. The molecule has 226 valence electrons. The molecule has 3 aromatic rings. The van der Waals surface area contributed by atoms with Crippen LogP contribution in [0.15, 0.2) is 36.4 Å². The molecular weight excluding hydrogens is 559 g/mol. The van der Waals surface area contributed by atoms with E-state index in [2.05, 4.69) is 25.7 Å². The number of fused-ring (bicyclic) bond motifs is 6. The molecule has 4 heterocycles. The van der Waals surface area contributed by atoms with Gasteiger partial charge in [-0.2, -0.15) is 5.10 Å². The van der Waals surface area contributed by atoms with Crippen LogP contribution in [0.4, 0.5) is 4.39 Å². The highest BCUT2D eigenvalue weighted by atomic mass is 19.1. The summed E-state index contributed by atoms with van der Waals surface area (Å²) in [5, 5.41) is 13.1. The number of benzene rings is 2. The fourth-order valence-corrected chi connectivity index (χ4v) is 5.69. The summed E-state index contributed by atoms with van der Waals surface area (Å²) in [5.74, 6) is -0.797. The van der Waals surface area contributed by atoms with Crippen LogP contribution in [0, 0.1) is 5.82 Å². The lowest BCUT2D eigenvalue weighted by molar-refractivity contribution is -0.123. The van der Waals surface area contributed by atoms with Crippen molar-refractivity contribution in [2.75, 3.05) is 40.4 Å². The third kappa shape index (κ3) is 6.12. The number of methoxy groups -OCH3 is 1. The Hall–Kier alpha value is -4.65. The number of likely N-dealkylation sites (tertiary alicyclic amines) is 1. The van der Waals surface area contributed by atoms with E-state index in [4.69, 9.17) is 14.2 Å². The maximum atomic E-state index is 14.6. The molecule has 0 aliphatic carbocycles. The molecule has 3 aliphatic rings. The van der Waals surface area contributed by atoms with E-state index in [1.165, 1.54) is 25.3 Å². The first kappa shape index (κ1) is 28.5. The summed E-state index contributed by atoms with van der Waals surface area (Å²) in [6.07, 6.45) is 0.592. The molecular formula is C30H33FN6O6. The quantitative estimate of drug-likeness (QED) is 0.409. The monoisotopic (exact) mass is 592 g/mol. The number of likely N-dealkylation sites (N-methyl/N-ethyl adjacent to an activating group) is 1. The zero-order valence-electron chi connectivity index (χ0n) is 23.9. The Balaban J connectivity index is 1.31. The number of nitrogens with zero attached hydrogens (tertiary/aromatic N) is 3. The lowest BCUT2D eigenvalue weighted by Gasteiger charge is -2.39. The van der Waals surface area contributed by atoms with Gasteiger partial charge in [0, 0.05) is 68.5 Å². The molecule has 1 saturated heterocycles. The number of carbonyl (C=O) groups is 3. The van der Waals surface area contributed by atoms with Gasteiger partial charge in [0.1, 0.15) is 17.7 Å². The van der Waals surface area contributed by atoms with Crippen molar-refractivity contribution in [3.05, 3.63) is 70.3 Å². The van der Waals surface area contributed by atoms with Crippen molar-refractivity contribution in [1.82, 2.24) is 30.6 Å². The Morgan fingerprint density at radius 3 is 2.86 bits per heavy atom. The summed E-state index contributed by atoms with van der Waals surface area (Å²) in [6, 6.07) is 8.25. The highest BCUT2D eigenvalue weighted by molar-refractivity contribution is 5.96. The van der Waals surface area contributed by atoms with E-state index in [9.17, 15) is 18.8 Å². The summed E-state index contributed by atoms with van der Waals surface area (Å²) in [7, 11) is 3.46. The molecule has 6 rings (SSSR count). The van der Waals surface area contributed by atoms with E-state index in [-0.39, 0.29) is 42.7 Å². The molecule has 12 nitrogen and oxygen atoms in total. The van der Waals surface area contributed by atoms with E-state index in [0.29, 0.717) is 36.5 Å². The Bertz CT molecular complexity index is 1560. The van der Waals surface area contributed by atoms with Gasteiger partial charge < -0.3 is 34.6 Å². The van der Waals surface area contributed by atoms with Crippen molar-refractivity contribution in [3.8, 4) is 17.2 Å². The summed E-state index contributed by atoms with van der Waals surface area (Å²) in [5.41, 5.74) is 3.01. The van der Waals surface area contributed by atoms with E-state index in [1.54, 1.807) is 23.1 Å². The summed E-state index contributed by atoms with van der Waals surface area (Å²) in [4.78, 5) is 43.5. The van der Waals surface area contributed by atoms with Gasteiger partial charge in [-0.05, 0) is 42.9 Å². The van der Waals surface area contributed by atoms with Gasteiger partial charge in [-0.1, -0.05) is 0 Å². The molecule has 13 heteroatoms. The van der Waals surface area contributed by atoms with Gasteiger partial charge in [0.15, 0.2) is 23.8 Å². The normalized spacial score (nSPS) is 21.0. The molecule has 2 atom stereocenters. The molecule has 2 aromatic carbocycles. The maximum absolute atomic E-state index is 14.6. The first-order valence-corrected chi connectivity index (χ1v) is 14.2. The average Bonchev–Trinajstić information content (AvgIpc) is 3.41. The van der Waals surface area contributed by atoms with E-state index in [0.717, 1.165) is 24.2 Å². The van der Waals surface area contributed by atoms with Gasteiger partial charge in [0.2, 0.25) is 0 Å². The molecule has 3 amide bonds. The number of halogens is 1. The Kier molecular flexibility index (Phi) is 7.89. The minimum atomic E-state index is -0.631. The van der Waals surface area contributed by atoms with E-state index >= 15 is 0 Å². The zero-order chi connectivity index (χ0) is 30.1. The van der Waals surface area contributed by atoms with Crippen LogP contribution in [0.25, 0.3) is 0 Å². The second-order valence-electron chi connectivity index (χ2n) is 11.0. The zero-order valence-corrected chi connectivity index (χ0v) is 23.9. The van der Waals surface area contributed by atoms with Crippen LogP contribution in [0.2, 0.25) is 0 Å². The number of hydrogen-bond donors (Lipinski definition) is 3. The Morgan fingerprint density at radius 1 is 1.16 bits per heavy atom. The minimum absolute atomic E-state index is 0.0593. The number of nitrogens with one attached hydrogen (secondary N) is 3. The van der Waals surface area contributed by atoms with Crippen molar-refractivity contribution in [2.24, 2.45) is 0 Å². The van der Waals surface area contributed by atoms with Gasteiger partial charge >= 0.3 is 0 Å². The molecule has 43 heavy (non-hydrogen) atoms. The lowest BCUT2D eigenvalue weighted by Crippen LogP contribution is -2.58. The molecule has 0 saturated carbocycles. The van der Waals surface area contributed by atoms with E-state index in [1.807, 2.05) is 7.05 Å². The SMILES string of the molecule is COc1ccc2cc1OCC(=O)NCc1cc(F)cc(c1)O[C@@H]1CCN(C(=O)c3n[nH]c4c3CN(C)CC4)C[C@@H]1NC2=O. The summed E-state index contributed by atoms with van der Waals surface area (Å²) in [6.45, 7) is 1.73. The molecule has 4 bridgehead atoms. The molecule has 0 radical (unpaired) electrons. The second kappa shape index (κ2) is 11.9. The third-order valence-electron chi connectivity index (χ3n) is 7.97. The fraction of sp³-hybridized carbons (Fsp3) is 0.400. The van der Waals surface area contributed by atoms with Crippen molar-refractivity contribution in [1.29, 1.82) is 0 Å². The Labute approximate surface area is 247 Å². The van der Waals surface area contributed by atoms with Crippen LogP contribution in [-0.2, 0) is 24.3 Å². The van der Waals surface area contributed by atoms with Crippen LogP contribution < -0.4 is 24.8 Å². The number of rotatable bonds is 2. The van der Waals surface area contributed by atoms with Gasteiger partial charge in [0.25, 0.3) is 17.7 Å². The summed E-state index contributed by atoms with van der Waals surface area (Å²) < 4.78 is 31.8. The average molecular weight is 593 g/mol. The Morgan fingerprint density at radius 2 is 2.02 bits per heavy atom. The largest absolute Gasteiger partial charge is 0.493 e. The van der Waals surface area contributed by atoms with Crippen molar-refractivity contribution >= 4 is 17.7 Å². The number of H-pyrrole nitrogens is 1. The molecule has 0 spiro atoms. The predicted octanol–water partition coefficient (Wildman–Crippen LogP) is 1.65. The highest BCUT2D eigenvalue weighted by Gasteiger charge is 2.37. The van der Waals surface area contributed by atoms with Crippen LogP contribution in [0.5, 0.6) is 17.2 Å². The van der Waals surface area contributed by atoms with E-state index < -0.39 is 29.8 Å². The van der Waals surface area contributed by atoms with Crippen LogP contribution in [0.1, 0.15) is 44.1 Å². The molecule has 3 N–H and O–H groups in total. The van der Waals surface area contributed by atoms with Gasteiger partial charge in [0.05, 0.1) is 13.2 Å². The maximum Gasteiger partial charge on any atom is 0.274 e. The molecule has 1 aromatic heterocycles. The number of carbonyl (C=O) groups excluding carboxylic acids is 3.